The lowest BCUT2D eigenvalue weighted by atomic mass is 9.73. The Hall–Kier alpha value is -1.23. The predicted molar refractivity (Wildman–Crippen MR) is 62.6 cm³/mol. The molecule has 5 heteroatoms. The zero-order chi connectivity index (χ0) is 13.0. The second kappa shape index (κ2) is 3.63. The molecule has 1 aromatic rings. The summed E-state index contributed by atoms with van der Waals surface area (Å²) < 4.78 is 32.4. The number of pyridine rings is 1. The Morgan fingerprint density at radius 2 is 2.22 bits per heavy atom. The van der Waals surface area contributed by atoms with Gasteiger partial charge in [0.1, 0.15) is 5.60 Å². The van der Waals surface area contributed by atoms with E-state index < -0.39 is 5.92 Å². The highest BCUT2D eigenvalue weighted by Gasteiger charge is 2.45. The van der Waals surface area contributed by atoms with E-state index in [9.17, 15) is 8.78 Å². The van der Waals surface area contributed by atoms with Gasteiger partial charge in [0, 0.05) is 36.7 Å². The number of fused-ring (bicyclic) bond motifs is 1. The van der Waals surface area contributed by atoms with E-state index in [1.54, 1.807) is 0 Å². The summed E-state index contributed by atoms with van der Waals surface area (Å²) >= 11 is 0. The van der Waals surface area contributed by atoms with Gasteiger partial charge in [-0.2, -0.15) is 0 Å². The molecule has 1 aromatic heterocycles. The van der Waals surface area contributed by atoms with Gasteiger partial charge in [-0.05, 0) is 25.3 Å². The van der Waals surface area contributed by atoms with Crippen molar-refractivity contribution in [2.24, 2.45) is 5.73 Å². The van der Waals surface area contributed by atoms with Crippen molar-refractivity contribution in [1.82, 2.24) is 4.98 Å². The van der Waals surface area contributed by atoms with Crippen LogP contribution in [0.4, 0.5) is 8.78 Å². The molecule has 0 radical (unpaired) electrons. The van der Waals surface area contributed by atoms with Crippen molar-refractivity contribution in [3.8, 4) is 5.88 Å². The quantitative estimate of drug-likeness (QED) is 0.838. The molecule has 0 saturated heterocycles. The largest absolute Gasteiger partial charge is 0.471 e. The molecule has 0 bridgehead atoms. The third-order valence-electron chi connectivity index (χ3n) is 3.96. The van der Waals surface area contributed by atoms with Gasteiger partial charge in [0.15, 0.2) is 0 Å². The maximum absolute atomic E-state index is 13.3. The highest BCUT2D eigenvalue weighted by molar-refractivity contribution is 5.37. The Bertz CT molecular complexity index is 480. The molecule has 18 heavy (non-hydrogen) atoms. The van der Waals surface area contributed by atoms with Crippen LogP contribution in [0.15, 0.2) is 12.3 Å². The Morgan fingerprint density at radius 1 is 1.50 bits per heavy atom. The number of ether oxygens (including phenoxy) is 1. The molecule has 0 aromatic carbocycles. The van der Waals surface area contributed by atoms with Crippen LogP contribution in [-0.4, -0.2) is 10.6 Å². The normalized spacial score (nSPS) is 25.2. The summed E-state index contributed by atoms with van der Waals surface area (Å²) in [6.45, 7) is 0.860. The summed E-state index contributed by atoms with van der Waals surface area (Å²) in [5, 5.41) is 0. The minimum atomic E-state index is -2.90. The van der Waals surface area contributed by atoms with Crippen molar-refractivity contribution in [3.05, 3.63) is 23.4 Å². The number of alkyl halides is 2. The van der Waals surface area contributed by atoms with Crippen molar-refractivity contribution < 1.29 is 13.5 Å². The van der Waals surface area contributed by atoms with E-state index in [4.69, 9.17) is 10.5 Å². The van der Waals surface area contributed by atoms with Crippen LogP contribution in [0.3, 0.4) is 0 Å². The van der Waals surface area contributed by atoms with Gasteiger partial charge in [0.05, 0.1) is 0 Å². The van der Waals surface area contributed by atoms with Crippen LogP contribution in [-0.2, 0) is 5.92 Å². The molecule has 1 atom stereocenters. The monoisotopic (exact) mass is 254 g/mol. The number of hydrogen-bond donors (Lipinski definition) is 1. The molecule has 3 rings (SSSR count). The zero-order valence-electron chi connectivity index (χ0n) is 10.2. The van der Waals surface area contributed by atoms with Gasteiger partial charge >= 0.3 is 0 Å². The molecule has 1 saturated carbocycles. The highest BCUT2D eigenvalue weighted by atomic mass is 19.3. The van der Waals surface area contributed by atoms with E-state index in [0.29, 0.717) is 17.9 Å². The van der Waals surface area contributed by atoms with Crippen LogP contribution in [0.1, 0.15) is 49.8 Å². The van der Waals surface area contributed by atoms with Crippen LogP contribution in [0.5, 0.6) is 5.88 Å². The minimum absolute atomic E-state index is 0.107. The number of halogens is 2. The molecule has 3 nitrogen and oxygen atoms in total. The predicted octanol–water partition coefficient (Wildman–Crippen LogP) is 2.90. The lowest BCUT2D eigenvalue weighted by Crippen LogP contribution is -2.48. The van der Waals surface area contributed by atoms with Gasteiger partial charge < -0.3 is 10.5 Å². The van der Waals surface area contributed by atoms with Gasteiger partial charge in [0.25, 0.3) is 5.92 Å². The van der Waals surface area contributed by atoms with Crippen molar-refractivity contribution in [2.45, 2.75) is 50.2 Å². The van der Waals surface area contributed by atoms with Crippen LogP contribution >= 0.6 is 0 Å². The molecular weight excluding hydrogens is 238 g/mol. The van der Waals surface area contributed by atoms with E-state index in [1.807, 2.05) is 0 Å². The second-order valence-electron chi connectivity index (χ2n) is 5.46. The summed E-state index contributed by atoms with van der Waals surface area (Å²) in [5.74, 6) is -2.46. The van der Waals surface area contributed by atoms with E-state index in [-0.39, 0.29) is 17.2 Å². The number of nitrogens with zero attached hydrogens (tertiary/aromatic N) is 1. The van der Waals surface area contributed by atoms with Crippen molar-refractivity contribution >= 4 is 0 Å². The summed E-state index contributed by atoms with van der Waals surface area (Å²) in [6.07, 6.45) is 4.97. The Kier molecular flexibility index (Phi) is 2.39. The standard InChI is InChI=1S/C13H16F2N2O/c1-12(14,15)8-5-9-10(16)6-13(3-2-4-13)18-11(9)17-7-8/h5,7,10H,2-4,6,16H2,1H3. The first-order chi connectivity index (χ1) is 8.40. The lowest BCUT2D eigenvalue weighted by molar-refractivity contribution is -0.0374. The van der Waals surface area contributed by atoms with E-state index in [0.717, 1.165) is 26.2 Å². The zero-order valence-corrected chi connectivity index (χ0v) is 10.2. The van der Waals surface area contributed by atoms with Crippen LogP contribution < -0.4 is 10.5 Å². The third-order valence-corrected chi connectivity index (χ3v) is 3.96. The van der Waals surface area contributed by atoms with Crippen molar-refractivity contribution in [2.75, 3.05) is 0 Å². The second-order valence-corrected chi connectivity index (χ2v) is 5.46. The molecule has 2 N–H and O–H groups in total. The molecular formula is C13H16F2N2O. The van der Waals surface area contributed by atoms with Gasteiger partial charge in [0.2, 0.25) is 5.88 Å². The highest BCUT2D eigenvalue weighted by Crippen LogP contribution is 2.47. The number of nitrogens with two attached hydrogens (primary N) is 1. The van der Waals surface area contributed by atoms with E-state index in [1.165, 1.54) is 12.3 Å². The fourth-order valence-corrected chi connectivity index (χ4v) is 2.70. The molecule has 1 unspecified atom stereocenters. The third kappa shape index (κ3) is 1.77. The van der Waals surface area contributed by atoms with Crippen molar-refractivity contribution in [3.63, 3.8) is 0 Å². The molecule has 1 aliphatic heterocycles. The van der Waals surface area contributed by atoms with Crippen LogP contribution in [0, 0.1) is 0 Å². The Morgan fingerprint density at radius 3 is 2.78 bits per heavy atom. The van der Waals surface area contributed by atoms with Gasteiger partial charge in [-0.15, -0.1) is 0 Å². The number of aromatic nitrogens is 1. The van der Waals surface area contributed by atoms with Gasteiger partial charge in [-0.25, -0.2) is 13.8 Å². The fourth-order valence-electron chi connectivity index (χ4n) is 2.70. The topological polar surface area (TPSA) is 48.1 Å². The first-order valence-electron chi connectivity index (χ1n) is 6.22. The van der Waals surface area contributed by atoms with Gasteiger partial charge in [-0.1, -0.05) is 0 Å². The number of rotatable bonds is 1. The Labute approximate surface area is 104 Å². The van der Waals surface area contributed by atoms with E-state index >= 15 is 0 Å². The summed E-state index contributed by atoms with van der Waals surface area (Å²) in [4.78, 5) is 4.03. The van der Waals surface area contributed by atoms with Gasteiger partial charge in [-0.3, -0.25) is 0 Å². The minimum Gasteiger partial charge on any atom is -0.471 e. The average Bonchev–Trinajstić information content (AvgIpc) is 2.25. The molecule has 98 valence electrons. The molecule has 1 spiro atoms. The van der Waals surface area contributed by atoms with Crippen molar-refractivity contribution in [1.29, 1.82) is 0 Å². The molecule has 0 amide bonds. The maximum Gasteiger partial charge on any atom is 0.272 e. The smallest absolute Gasteiger partial charge is 0.272 e. The SMILES string of the molecule is CC(F)(F)c1cnc2c(c1)C(N)CC1(CCC1)O2. The van der Waals surface area contributed by atoms with Crippen LogP contribution in [0.2, 0.25) is 0 Å². The fraction of sp³-hybridized carbons (Fsp3) is 0.615. The van der Waals surface area contributed by atoms with Crippen LogP contribution in [0.25, 0.3) is 0 Å². The molecule has 2 heterocycles. The molecule has 2 aliphatic rings. The Balaban J connectivity index is 1.98. The maximum atomic E-state index is 13.3. The first-order valence-corrected chi connectivity index (χ1v) is 6.22. The summed E-state index contributed by atoms with van der Waals surface area (Å²) in [5.41, 5.74) is 6.39. The summed E-state index contributed by atoms with van der Waals surface area (Å²) in [6, 6.07) is 1.17. The lowest BCUT2D eigenvalue weighted by Gasteiger charge is -2.46. The molecule has 1 fully saturated rings. The van der Waals surface area contributed by atoms with E-state index in [2.05, 4.69) is 4.98 Å². The average molecular weight is 254 g/mol. The molecule has 1 aliphatic carbocycles. The number of hydrogen-bond acceptors (Lipinski definition) is 3. The first kappa shape index (κ1) is 11.8. The summed E-state index contributed by atoms with van der Waals surface area (Å²) in [7, 11) is 0.